The number of carbonyl (C=O) groups excluding carboxylic acids is 2. The average Bonchev–Trinajstić information content (AvgIpc) is 3.34. The molecule has 0 bridgehead atoms. The molecular formula is C26H25N3O6. The number of rotatable bonds is 7. The molecule has 0 aromatic heterocycles. The van der Waals surface area contributed by atoms with Crippen molar-refractivity contribution in [3.05, 3.63) is 83.4 Å². The zero-order valence-electron chi connectivity index (χ0n) is 19.8. The standard InChI is InChI=1S/C26H25N3O6/c1-16(30)29-26(18-11-8-12-20(13-18)27-24(31)17-9-6-5-7-10-17)35-25(28-29)19-14-21(32-2)23(34-4)22(15-19)33-3/h5-15,26H,1-4H3,(H,27,31). The topological polar surface area (TPSA) is 98.7 Å². The Balaban J connectivity index is 1.62. The van der Waals surface area contributed by atoms with Crippen LogP contribution in [-0.4, -0.2) is 44.1 Å². The third-order valence-electron chi connectivity index (χ3n) is 5.34. The molecule has 1 atom stereocenters. The molecule has 9 nitrogen and oxygen atoms in total. The van der Waals surface area contributed by atoms with Gasteiger partial charge in [-0.15, -0.1) is 5.10 Å². The van der Waals surface area contributed by atoms with Gasteiger partial charge in [0.15, 0.2) is 11.5 Å². The molecule has 35 heavy (non-hydrogen) atoms. The van der Waals surface area contributed by atoms with Gasteiger partial charge in [0.2, 0.25) is 23.8 Å². The van der Waals surface area contributed by atoms with Crippen LogP contribution in [0, 0.1) is 0 Å². The maximum absolute atomic E-state index is 12.6. The van der Waals surface area contributed by atoms with Gasteiger partial charge in [-0.25, -0.2) is 0 Å². The van der Waals surface area contributed by atoms with Gasteiger partial charge in [0.1, 0.15) is 0 Å². The van der Waals surface area contributed by atoms with E-state index in [4.69, 9.17) is 18.9 Å². The Labute approximate surface area is 202 Å². The van der Waals surface area contributed by atoms with Crippen LogP contribution in [0.25, 0.3) is 0 Å². The molecule has 1 N–H and O–H groups in total. The lowest BCUT2D eigenvalue weighted by Gasteiger charge is -2.20. The second-order valence-electron chi connectivity index (χ2n) is 7.60. The van der Waals surface area contributed by atoms with Crippen LogP contribution in [0.5, 0.6) is 17.2 Å². The number of nitrogens with zero attached hydrogens (tertiary/aromatic N) is 2. The van der Waals surface area contributed by atoms with Gasteiger partial charge < -0.3 is 24.3 Å². The predicted molar refractivity (Wildman–Crippen MR) is 130 cm³/mol. The van der Waals surface area contributed by atoms with E-state index < -0.39 is 6.23 Å². The van der Waals surface area contributed by atoms with E-state index in [1.807, 2.05) is 6.07 Å². The molecule has 1 unspecified atom stereocenters. The zero-order chi connectivity index (χ0) is 24.9. The monoisotopic (exact) mass is 475 g/mol. The van der Waals surface area contributed by atoms with Gasteiger partial charge >= 0.3 is 0 Å². The molecule has 0 fully saturated rings. The predicted octanol–water partition coefficient (Wildman–Crippen LogP) is 4.20. The summed E-state index contributed by atoms with van der Waals surface area (Å²) in [6.45, 7) is 1.40. The second-order valence-corrected chi connectivity index (χ2v) is 7.60. The Kier molecular flexibility index (Phi) is 6.86. The number of ether oxygens (including phenoxy) is 4. The van der Waals surface area contributed by atoms with E-state index in [9.17, 15) is 9.59 Å². The van der Waals surface area contributed by atoms with Gasteiger partial charge in [0.25, 0.3) is 5.91 Å². The Morgan fingerprint density at radius 1 is 0.914 bits per heavy atom. The smallest absolute Gasteiger partial charge is 0.255 e. The normalized spacial score (nSPS) is 14.6. The lowest BCUT2D eigenvalue weighted by atomic mass is 10.1. The Morgan fingerprint density at radius 3 is 2.20 bits per heavy atom. The van der Waals surface area contributed by atoms with Crippen molar-refractivity contribution in [2.45, 2.75) is 13.2 Å². The highest BCUT2D eigenvalue weighted by molar-refractivity contribution is 6.04. The van der Waals surface area contributed by atoms with Crippen molar-refractivity contribution >= 4 is 23.4 Å². The molecule has 3 aromatic carbocycles. The summed E-state index contributed by atoms with van der Waals surface area (Å²) in [5.74, 6) is 0.944. The van der Waals surface area contributed by atoms with Crippen molar-refractivity contribution in [2.75, 3.05) is 26.6 Å². The molecule has 0 radical (unpaired) electrons. The number of methoxy groups -OCH3 is 3. The summed E-state index contributed by atoms with van der Waals surface area (Å²) in [6, 6.07) is 19.4. The Morgan fingerprint density at radius 2 is 1.60 bits per heavy atom. The number of hydrazone groups is 1. The van der Waals surface area contributed by atoms with Gasteiger partial charge in [0, 0.05) is 29.3 Å². The summed E-state index contributed by atoms with van der Waals surface area (Å²) >= 11 is 0. The lowest BCUT2D eigenvalue weighted by Crippen LogP contribution is -2.25. The van der Waals surface area contributed by atoms with Crippen molar-refractivity contribution in [1.29, 1.82) is 0 Å². The zero-order valence-corrected chi connectivity index (χ0v) is 19.8. The minimum Gasteiger partial charge on any atom is -0.493 e. The Hall–Kier alpha value is -4.53. The first kappa shape index (κ1) is 23.6. The molecule has 0 aliphatic carbocycles. The first-order chi connectivity index (χ1) is 16.9. The largest absolute Gasteiger partial charge is 0.493 e. The van der Waals surface area contributed by atoms with Crippen LogP contribution < -0.4 is 19.5 Å². The van der Waals surface area contributed by atoms with E-state index in [1.54, 1.807) is 60.7 Å². The molecule has 1 heterocycles. The fourth-order valence-corrected chi connectivity index (χ4v) is 3.67. The number of hydrogen-bond acceptors (Lipinski definition) is 7. The van der Waals surface area contributed by atoms with Crippen molar-refractivity contribution in [3.8, 4) is 17.2 Å². The van der Waals surface area contributed by atoms with Crippen LogP contribution in [0.2, 0.25) is 0 Å². The number of amides is 2. The van der Waals surface area contributed by atoms with Gasteiger partial charge in [-0.1, -0.05) is 30.3 Å². The highest BCUT2D eigenvalue weighted by Crippen LogP contribution is 2.40. The highest BCUT2D eigenvalue weighted by atomic mass is 16.5. The molecule has 0 spiro atoms. The molecule has 9 heteroatoms. The fraction of sp³-hybridized carbons (Fsp3) is 0.192. The maximum Gasteiger partial charge on any atom is 0.255 e. The van der Waals surface area contributed by atoms with Crippen molar-refractivity contribution < 1.29 is 28.5 Å². The number of carbonyl (C=O) groups is 2. The first-order valence-corrected chi connectivity index (χ1v) is 10.8. The first-order valence-electron chi connectivity index (χ1n) is 10.8. The van der Waals surface area contributed by atoms with E-state index in [1.165, 1.54) is 33.3 Å². The Bertz CT molecular complexity index is 1250. The number of hydrogen-bond donors (Lipinski definition) is 1. The molecule has 180 valence electrons. The summed E-state index contributed by atoms with van der Waals surface area (Å²) < 4.78 is 22.3. The summed E-state index contributed by atoms with van der Waals surface area (Å²) in [4.78, 5) is 25.0. The number of anilines is 1. The summed E-state index contributed by atoms with van der Waals surface area (Å²) in [5, 5.41) is 8.52. The van der Waals surface area contributed by atoms with Crippen molar-refractivity contribution in [2.24, 2.45) is 5.10 Å². The SMILES string of the molecule is COc1cc(C2=NN(C(C)=O)C(c3cccc(NC(=O)c4ccccc4)c3)O2)cc(OC)c1OC. The maximum atomic E-state index is 12.6. The van der Waals surface area contributed by atoms with Crippen LogP contribution in [0.15, 0.2) is 71.8 Å². The van der Waals surface area contributed by atoms with Crippen LogP contribution >= 0.6 is 0 Å². The minimum absolute atomic E-state index is 0.211. The van der Waals surface area contributed by atoms with Crippen LogP contribution in [0.3, 0.4) is 0 Å². The summed E-state index contributed by atoms with van der Waals surface area (Å²) in [6.07, 6.45) is -0.824. The second kappa shape index (κ2) is 10.2. The van der Waals surface area contributed by atoms with Crippen LogP contribution in [-0.2, 0) is 9.53 Å². The summed E-state index contributed by atoms with van der Waals surface area (Å²) in [7, 11) is 4.54. The molecule has 2 amide bonds. The molecule has 0 saturated carbocycles. The van der Waals surface area contributed by atoms with Crippen molar-refractivity contribution in [3.63, 3.8) is 0 Å². The van der Waals surface area contributed by atoms with Gasteiger partial charge in [0.05, 0.1) is 21.3 Å². The third-order valence-corrected chi connectivity index (χ3v) is 5.34. The van der Waals surface area contributed by atoms with E-state index >= 15 is 0 Å². The van der Waals surface area contributed by atoms with E-state index in [-0.39, 0.29) is 17.7 Å². The van der Waals surface area contributed by atoms with Gasteiger partial charge in [-0.3, -0.25) is 9.59 Å². The minimum atomic E-state index is -0.824. The van der Waals surface area contributed by atoms with Crippen LogP contribution in [0.4, 0.5) is 5.69 Å². The molecular weight excluding hydrogens is 450 g/mol. The lowest BCUT2D eigenvalue weighted by molar-refractivity contribution is -0.135. The molecule has 0 saturated heterocycles. The van der Waals surface area contributed by atoms with Crippen LogP contribution in [0.1, 0.15) is 34.6 Å². The van der Waals surface area contributed by atoms with E-state index in [0.29, 0.717) is 39.6 Å². The van der Waals surface area contributed by atoms with E-state index in [2.05, 4.69) is 10.4 Å². The molecule has 1 aliphatic heterocycles. The van der Waals surface area contributed by atoms with Gasteiger partial charge in [-0.2, -0.15) is 5.01 Å². The van der Waals surface area contributed by atoms with Gasteiger partial charge in [-0.05, 0) is 36.4 Å². The number of benzene rings is 3. The number of nitrogens with one attached hydrogen (secondary N) is 1. The third kappa shape index (κ3) is 4.89. The average molecular weight is 476 g/mol. The fourth-order valence-electron chi connectivity index (χ4n) is 3.67. The van der Waals surface area contributed by atoms with Crippen molar-refractivity contribution in [1.82, 2.24) is 5.01 Å². The highest BCUT2D eigenvalue weighted by Gasteiger charge is 2.34. The molecule has 3 aromatic rings. The molecule has 4 rings (SSSR count). The van der Waals surface area contributed by atoms with E-state index in [0.717, 1.165) is 0 Å². The summed E-state index contributed by atoms with van der Waals surface area (Å²) in [5.41, 5.74) is 2.28. The quantitative estimate of drug-likeness (QED) is 0.550. The molecule has 1 aliphatic rings.